The van der Waals surface area contributed by atoms with Gasteiger partial charge in [0.05, 0.1) is 22.9 Å². The number of nitrogen functional groups attached to an aromatic ring is 1. The molecule has 2 aromatic rings. The minimum Gasteiger partial charge on any atom is -0.383 e. The lowest BCUT2D eigenvalue weighted by molar-refractivity contribution is -0.119. The summed E-state index contributed by atoms with van der Waals surface area (Å²) < 4.78 is 0. The molecule has 0 aliphatic carbocycles. The maximum atomic E-state index is 12.1. The third kappa shape index (κ3) is 4.25. The highest BCUT2D eigenvalue weighted by molar-refractivity contribution is 8.00. The summed E-state index contributed by atoms with van der Waals surface area (Å²) in [5.74, 6) is -0.0217. The van der Waals surface area contributed by atoms with Crippen LogP contribution in [0.15, 0.2) is 41.4 Å². The van der Waals surface area contributed by atoms with Gasteiger partial charge in [0.2, 0.25) is 5.91 Å². The Kier molecular flexibility index (Phi) is 5.78. The van der Waals surface area contributed by atoms with Gasteiger partial charge in [-0.3, -0.25) is 4.79 Å². The fourth-order valence-corrected chi connectivity index (χ4v) is 2.81. The van der Waals surface area contributed by atoms with E-state index in [-0.39, 0.29) is 34.6 Å². The van der Waals surface area contributed by atoms with Crippen LogP contribution in [0.1, 0.15) is 29.7 Å². The van der Waals surface area contributed by atoms with Crippen LogP contribution in [0.3, 0.4) is 0 Å². The molecule has 7 heteroatoms. The van der Waals surface area contributed by atoms with E-state index in [1.807, 2.05) is 49.4 Å². The predicted molar refractivity (Wildman–Crippen MR) is 91.8 cm³/mol. The molecule has 0 saturated carbocycles. The van der Waals surface area contributed by atoms with E-state index in [0.29, 0.717) is 5.03 Å². The zero-order chi connectivity index (χ0) is 17.5. The third-order valence-corrected chi connectivity index (χ3v) is 4.27. The van der Waals surface area contributed by atoms with Crippen LogP contribution in [-0.4, -0.2) is 16.6 Å². The van der Waals surface area contributed by atoms with Crippen molar-refractivity contribution in [3.63, 3.8) is 0 Å². The van der Waals surface area contributed by atoms with E-state index >= 15 is 0 Å². The first-order valence-electron chi connectivity index (χ1n) is 7.13. The van der Waals surface area contributed by atoms with Crippen molar-refractivity contribution in [3.05, 3.63) is 53.1 Å². The van der Waals surface area contributed by atoms with Crippen LogP contribution in [0.4, 0.5) is 5.82 Å². The van der Waals surface area contributed by atoms with E-state index in [1.54, 1.807) is 0 Å². The van der Waals surface area contributed by atoms with E-state index in [0.717, 1.165) is 17.3 Å². The number of carbonyl (C=O) groups is 1. The standard InChI is InChI=1S/C17H15N5OS/c1-11(12-5-3-2-4-6-12)21-15(23)10-24-17-14(9-19)7-13(8-18)16(20)22-17/h2-7,11H,10H2,1H3,(H2,20,22)(H,21,23)/t11-/m1/s1. The number of pyridine rings is 1. The number of hydrogen-bond acceptors (Lipinski definition) is 6. The van der Waals surface area contributed by atoms with Gasteiger partial charge in [0, 0.05) is 0 Å². The van der Waals surface area contributed by atoms with E-state index in [4.69, 9.17) is 16.3 Å². The first-order chi connectivity index (χ1) is 11.5. The van der Waals surface area contributed by atoms with Gasteiger partial charge in [-0.15, -0.1) is 0 Å². The fraction of sp³-hybridized carbons (Fsp3) is 0.176. The van der Waals surface area contributed by atoms with Gasteiger partial charge in [-0.05, 0) is 18.6 Å². The molecule has 3 N–H and O–H groups in total. The molecule has 1 heterocycles. The molecular weight excluding hydrogens is 322 g/mol. The Morgan fingerprint density at radius 3 is 2.58 bits per heavy atom. The van der Waals surface area contributed by atoms with E-state index in [1.165, 1.54) is 6.07 Å². The van der Waals surface area contributed by atoms with Crippen LogP contribution in [0.2, 0.25) is 0 Å². The predicted octanol–water partition coefficient (Wildman–Crippen LogP) is 2.38. The molecule has 1 amide bonds. The third-order valence-electron chi connectivity index (χ3n) is 3.27. The van der Waals surface area contributed by atoms with Gasteiger partial charge in [-0.25, -0.2) is 4.98 Å². The molecule has 1 atom stereocenters. The zero-order valence-electron chi connectivity index (χ0n) is 13.0. The van der Waals surface area contributed by atoms with E-state index < -0.39 is 0 Å². The van der Waals surface area contributed by atoms with Gasteiger partial charge in [-0.1, -0.05) is 42.1 Å². The number of amides is 1. The van der Waals surface area contributed by atoms with Crippen molar-refractivity contribution in [1.82, 2.24) is 10.3 Å². The Morgan fingerprint density at radius 1 is 1.29 bits per heavy atom. The lowest BCUT2D eigenvalue weighted by Crippen LogP contribution is -2.28. The van der Waals surface area contributed by atoms with Gasteiger partial charge in [-0.2, -0.15) is 10.5 Å². The monoisotopic (exact) mass is 337 g/mol. The highest BCUT2D eigenvalue weighted by Crippen LogP contribution is 2.24. The quantitative estimate of drug-likeness (QED) is 0.809. The summed E-state index contributed by atoms with van der Waals surface area (Å²) in [7, 11) is 0. The fourth-order valence-electron chi connectivity index (χ4n) is 2.03. The number of nitrogens with two attached hydrogens (primary N) is 1. The molecule has 0 spiro atoms. The minimum atomic E-state index is -0.176. The molecule has 0 aliphatic heterocycles. The average molecular weight is 337 g/mol. The highest BCUT2D eigenvalue weighted by atomic mass is 32.2. The van der Waals surface area contributed by atoms with Crippen molar-refractivity contribution in [2.75, 3.05) is 11.5 Å². The normalized spacial score (nSPS) is 11.1. The summed E-state index contributed by atoms with van der Waals surface area (Å²) >= 11 is 1.12. The summed E-state index contributed by atoms with van der Waals surface area (Å²) in [6, 6.07) is 14.7. The van der Waals surface area contributed by atoms with Crippen molar-refractivity contribution in [3.8, 4) is 12.1 Å². The summed E-state index contributed by atoms with van der Waals surface area (Å²) in [6.07, 6.45) is 0. The Hall–Kier alpha value is -3.03. The van der Waals surface area contributed by atoms with Crippen molar-refractivity contribution in [2.24, 2.45) is 0 Å². The largest absolute Gasteiger partial charge is 0.383 e. The molecule has 0 saturated heterocycles. The molecule has 2 rings (SSSR count). The molecule has 1 aromatic heterocycles. The Labute approximate surface area is 144 Å². The molecular formula is C17H15N5OS. The Bertz CT molecular complexity index is 823. The molecule has 0 aliphatic rings. The molecule has 0 radical (unpaired) electrons. The van der Waals surface area contributed by atoms with E-state index in [9.17, 15) is 4.79 Å². The molecule has 6 nitrogen and oxygen atoms in total. The summed E-state index contributed by atoms with van der Waals surface area (Å²) in [5, 5.41) is 21.3. The number of nitrogens with zero attached hydrogens (tertiary/aromatic N) is 3. The van der Waals surface area contributed by atoms with Gasteiger partial charge in [0.25, 0.3) is 0 Å². The number of nitriles is 2. The molecule has 120 valence electrons. The summed E-state index contributed by atoms with van der Waals surface area (Å²) in [6.45, 7) is 1.90. The van der Waals surface area contributed by atoms with Crippen molar-refractivity contribution in [1.29, 1.82) is 10.5 Å². The van der Waals surface area contributed by atoms with Crippen molar-refractivity contribution in [2.45, 2.75) is 18.0 Å². The zero-order valence-corrected chi connectivity index (χ0v) is 13.8. The number of carbonyl (C=O) groups excluding carboxylic acids is 1. The second kappa shape index (κ2) is 8.00. The lowest BCUT2D eigenvalue weighted by atomic mass is 10.1. The molecule has 24 heavy (non-hydrogen) atoms. The van der Waals surface area contributed by atoms with Crippen LogP contribution in [0.5, 0.6) is 0 Å². The second-order valence-corrected chi connectivity index (χ2v) is 5.95. The number of hydrogen-bond donors (Lipinski definition) is 2. The van der Waals surface area contributed by atoms with Gasteiger partial charge < -0.3 is 11.1 Å². The highest BCUT2D eigenvalue weighted by Gasteiger charge is 2.14. The topological polar surface area (TPSA) is 116 Å². The molecule has 0 fully saturated rings. The van der Waals surface area contributed by atoms with Crippen molar-refractivity contribution >= 4 is 23.5 Å². The summed E-state index contributed by atoms with van der Waals surface area (Å²) in [5.41, 5.74) is 7.05. The maximum Gasteiger partial charge on any atom is 0.230 e. The number of rotatable bonds is 5. The Balaban J connectivity index is 2.01. The molecule has 1 aromatic carbocycles. The SMILES string of the molecule is C[C@@H](NC(=O)CSc1nc(N)c(C#N)cc1C#N)c1ccccc1. The van der Waals surface area contributed by atoms with E-state index in [2.05, 4.69) is 10.3 Å². The van der Waals surface area contributed by atoms with Crippen LogP contribution in [0.25, 0.3) is 0 Å². The number of aromatic nitrogens is 1. The van der Waals surface area contributed by atoms with Crippen LogP contribution in [0, 0.1) is 22.7 Å². The smallest absolute Gasteiger partial charge is 0.230 e. The second-order valence-electron chi connectivity index (χ2n) is 4.99. The van der Waals surface area contributed by atoms with Crippen molar-refractivity contribution < 1.29 is 4.79 Å². The maximum absolute atomic E-state index is 12.1. The van der Waals surface area contributed by atoms with Gasteiger partial charge in [0.1, 0.15) is 23.0 Å². The van der Waals surface area contributed by atoms with Crippen LogP contribution < -0.4 is 11.1 Å². The average Bonchev–Trinajstić information content (AvgIpc) is 2.60. The number of thioether (sulfide) groups is 1. The number of benzene rings is 1. The number of nitrogens with one attached hydrogen (secondary N) is 1. The first kappa shape index (κ1) is 17.3. The Morgan fingerprint density at radius 2 is 1.96 bits per heavy atom. The molecule has 0 unspecified atom stereocenters. The van der Waals surface area contributed by atoms with Crippen LogP contribution >= 0.6 is 11.8 Å². The van der Waals surface area contributed by atoms with Gasteiger partial charge in [0.15, 0.2) is 0 Å². The lowest BCUT2D eigenvalue weighted by Gasteiger charge is -2.14. The molecule has 0 bridgehead atoms. The number of anilines is 1. The van der Waals surface area contributed by atoms with Crippen LogP contribution in [-0.2, 0) is 4.79 Å². The van der Waals surface area contributed by atoms with Gasteiger partial charge >= 0.3 is 0 Å². The first-order valence-corrected chi connectivity index (χ1v) is 8.11. The summed E-state index contributed by atoms with van der Waals surface area (Å²) in [4.78, 5) is 16.1. The minimum absolute atomic E-state index is 0.0528.